The molecule has 0 saturated carbocycles. The first-order chi connectivity index (χ1) is 15.9. The van der Waals surface area contributed by atoms with Crippen molar-refractivity contribution in [3.63, 3.8) is 0 Å². The van der Waals surface area contributed by atoms with Crippen LogP contribution in [0.4, 0.5) is 0 Å². The summed E-state index contributed by atoms with van der Waals surface area (Å²) in [5.41, 5.74) is 2.16. The van der Waals surface area contributed by atoms with Crippen molar-refractivity contribution in [2.24, 2.45) is 0 Å². The molecule has 0 saturated heterocycles. The van der Waals surface area contributed by atoms with Crippen LogP contribution >= 0.6 is 0 Å². The number of carbonyl (C=O) groups excluding carboxylic acids is 2. The maximum Gasteiger partial charge on any atom is 0.200 e. The number of aromatic hydroxyl groups is 3. The zero-order chi connectivity index (χ0) is 23.4. The van der Waals surface area contributed by atoms with Crippen molar-refractivity contribution in [2.75, 3.05) is 0 Å². The summed E-state index contributed by atoms with van der Waals surface area (Å²) in [4.78, 5) is 27.9. The molecule has 1 aliphatic heterocycles. The van der Waals surface area contributed by atoms with Gasteiger partial charge in [0.15, 0.2) is 28.8 Å². The Balaban J connectivity index is 1.56. The molecule has 3 N–H and O–H groups in total. The van der Waals surface area contributed by atoms with Crippen molar-refractivity contribution in [1.29, 1.82) is 0 Å². The fourth-order valence-electron chi connectivity index (χ4n) is 3.51. The van der Waals surface area contributed by atoms with Crippen molar-refractivity contribution in [1.82, 2.24) is 4.90 Å². The van der Waals surface area contributed by atoms with E-state index in [-0.39, 0.29) is 16.9 Å². The van der Waals surface area contributed by atoms with E-state index in [0.717, 1.165) is 17.7 Å². The number of allylic oxidation sites excluding steroid dienone is 4. The third-order valence-electron chi connectivity index (χ3n) is 5.24. The molecule has 0 radical (unpaired) electrons. The Hall–Kier alpha value is -4.58. The van der Waals surface area contributed by atoms with Gasteiger partial charge >= 0.3 is 0 Å². The lowest BCUT2D eigenvalue weighted by atomic mass is 9.95. The molecule has 6 heteroatoms. The number of hydrogen-bond donors (Lipinski definition) is 3. The van der Waals surface area contributed by atoms with E-state index >= 15 is 0 Å². The van der Waals surface area contributed by atoms with E-state index in [4.69, 9.17) is 0 Å². The quantitative estimate of drug-likeness (QED) is 0.382. The molecule has 0 spiro atoms. The number of nitrogens with zero attached hydrogens (tertiary/aromatic N) is 1. The van der Waals surface area contributed by atoms with Crippen LogP contribution in [-0.2, 0) is 6.54 Å². The molecule has 0 unspecified atom stereocenters. The topological polar surface area (TPSA) is 98.1 Å². The van der Waals surface area contributed by atoms with E-state index in [1.54, 1.807) is 18.2 Å². The number of ketones is 2. The molecular weight excluding hydrogens is 418 g/mol. The minimum atomic E-state index is -0.686. The van der Waals surface area contributed by atoms with Crippen molar-refractivity contribution < 1.29 is 24.9 Å². The Labute approximate surface area is 190 Å². The predicted octanol–water partition coefficient (Wildman–Crippen LogP) is 4.66. The summed E-state index contributed by atoms with van der Waals surface area (Å²) < 4.78 is 0. The van der Waals surface area contributed by atoms with Crippen LogP contribution in [0.5, 0.6) is 17.2 Å². The van der Waals surface area contributed by atoms with Crippen molar-refractivity contribution >= 4 is 11.6 Å². The van der Waals surface area contributed by atoms with Gasteiger partial charge in [-0.1, -0.05) is 60.7 Å². The van der Waals surface area contributed by atoms with E-state index in [9.17, 15) is 24.9 Å². The summed E-state index contributed by atoms with van der Waals surface area (Å²) in [6.45, 7) is 0.529. The molecule has 3 aromatic rings. The molecule has 164 valence electrons. The average Bonchev–Trinajstić information content (AvgIpc) is 3.10. The monoisotopic (exact) mass is 439 g/mol. The Morgan fingerprint density at radius 2 is 1.21 bits per heavy atom. The van der Waals surface area contributed by atoms with Gasteiger partial charge in [0.1, 0.15) is 0 Å². The van der Waals surface area contributed by atoms with Crippen LogP contribution in [0, 0.1) is 0 Å². The smallest absolute Gasteiger partial charge is 0.200 e. The molecule has 1 aliphatic rings. The Morgan fingerprint density at radius 3 is 1.82 bits per heavy atom. The maximum atomic E-state index is 13.2. The van der Waals surface area contributed by atoms with Gasteiger partial charge in [-0.15, -0.1) is 0 Å². The highest BCUT2D eigenvalue weighted by molar-refractivity contribution is 6.12. The number of phenols is 3. The van der Waals surface area contributed by atoms with Crippen LogP contribution in [0.2, 0.25) is 0 Å². The first-order valence-corrected chi connectivity index (χ1v) is 10.2. The average molecular weight is 439 g/mol. The predicted molar refractivity (Wildman–Crippen MR) is 124 cm³/mol. The number of rotatable bonds is 6. The molecule has 33 heavy (non-hydrogen) atoms. The van der Waals surface area contributed by atoms with E-state index in [2.05, 4.69) is 0 Å². The third kappa shape index (κ3) is 4.70. The van der Waals surface area contributed by atoms with E-state index in [1.807, 2.05) is 59.8 Å². The van der Waals surface area contributed by atoms with Gasteiger partial charge < -0.3 is 20.2 Å². The minimum Gasteiger partial charge on any atom is -0.504 e. The first-order valence-electron chi connectivity index (χ1n) is 10.2. The minimum absolute atomic E-state index is 0.0141. The molecule has 3 aromatic carbocycles. The van der Waals surface area contributed by atoms with E-state index in [0.29, 0.717) is 17.7 Å². The van der Waals surface area contributed by atoms with Crippen LogP contribution in [0.1, 0.15) is 37.4 Å². The molecule has 4 rings (SSSR count). The summed E-state index contributed by atoms with van der Waals surface area (Å²) in [5.74, 6) is -2.49. The zero-order valence-electron chi connectivity index (χ0n) is 17.6. The summed E-state index contributed by atoms with van der Waals surface area (Å²) in [6.07, 6.45) is 11.6. The summed E-state index contributed by atoms with van der Waals surface area (Å²) >= 11 is 0. The second kappa shape index (κ2) is 9.28. The van der Waals surface area contributed by atoms with Gasteiger partial charge in [0.25, 0.3) is 0 Å². The molecule has 0 atom stereocenters. The van der Waals surface area contributed by atoms with Crippen LogP contribution in [0.3, 0.4) is 0 Å². The lowest BCUT2D eigenvalue weighted by molar-refractivity contribution is 0.102. The molecular formula is C27H21NO5. The van der Waals surface area contributed by atoms with Gasteiger partial charge in [0.05, 0.1) is 0 Å². The SMILES string of the molecule is O=C(c1ccc(C(=O)c2ccccc2CN2C=CC=CC=C2)cc1)c1cc(O)c(O)c(O)c1. The fraction of sp³-hybridized carbons (Fsp3) is 0.0370. The highest BCUT2D eigenvalue weighted by Gasteiger charge is 2.18. The standard InChI is InChI=1S/C27H21NO5/c29-23-15-21(16-24(30)27(23)33)25(31)18-9-11-19(12-10-18)26(32)22-8-4-3-7-20(22)17-28-13-5-1-2-6-14-28/h1-16,29-30,33H,17H2. The van der Waals surface area contributed by atoms with Crippen LogP contribution in [0.25, 0.3) is 0 Å². The molecule has 0 bridgehead atoms. The zero-order valence-corrected chi connectivity index (χ0v) is 17.6. The lowest BCUT2D eigenvalue weighted by Gasteiger charge is -2.17. The van der Waals surface area contributed by atoms with Crippen molar-refractivity contribution in [2.45, 2.75) is 6.54 Å². The summed E-state index contributed by atoms with van der Waals surface area (Å²) in [7, 11) is 0. The third-order valence-corrected chi connectivity index (χ3v) is 5.24. The van der Waals surface area contributed by atoms with Gasteiger partial charge in [-0.25, -0.2) is 0 Å². The second-order valence-electron chi connectivity index (χ2n) is 7.50. The van der Waals surface area contributed by atoms with Gasteiger partial charge in [0, 0.05) is 41.2 Å². The van der Waals surface area contributed by atoms with Gasteiger partial charge in [-0.3, -0.25) is 9.59 Å². The Bertz CT molecular complexity index is 1260. The lowest BCUT2D eigenvalue weighted by Crippen LogP contribution is -2.13. The highest BCUT2D eigenvalue weighted by Crippen LogP contribution is 2.36. The Kier molecular flexibility index (Phi) is 6.09. The van der Waals surface area contributed by atoms with Gasteiger partial charge in [-0.05, 0) is 29.8 Å². The maximum absolute atomic E-state index is 13.2. The molecule has 0 amide bonds. The molecule has 6 nitrogen and oxygen atoms in total. The largest absolute Gasteiger partial charge is 0.504 e. The Morgan fingerprint density at radius 1 is 0.667 bits per heavy atom. The number of hydrogen-bond acceptors (Lipinski definition) is 6. The molecule has 0 fully saturated rings. The van der Waals surface area contributed by atoms with Crippen molar-refractivity contribution in [3.05, 3.63) is 125 Å². The normalized spacial score (nSPS) is 12.5. The second-order valence-corrected chi connectivity index (χ2v) is 7.50. The number of phenolic OH excluding ortho intramolecular Hbond substituents is 3. The van der Waals surface area contributed by atoms with E-state index in [1.165, 1.54) is 12.1 Å². The first kappa shape index (κ1) is 21.6. The fourth-order valence-corrected chi connectivity index (χ4v) is 3.51. The van der Waals surface area contributed by atoms with E-state index < -0.39 is 23.0 Å². The van der Waals surface area contributed by atoms with Gasteiger partial charge in [-0.2, -0.15) is 0 Å². The number of carbonyl (C=O) groups is 2. The highest BCUT2D eigenvalue weighted by atomic mass is 16.3. The summed E-state index contributed by atoms with van der Waals surface area (Å²) in [5, 5.41) is 28.8. The van der Waals surface area contributed by atoms with Gasteiger partial charge in [0.2, 0.25) is 0 Å². The molecule has 0 aromatic heterocycles. The van der Waals surface area contributed by atoms with Crippen LogP contribution in [0.15, 0.2) is 97.4 Å². The van der Waals surface area contributed by atoms with Crippen LogP contribution < -0.4 is 0 Å². The van der Waals surface area contributed by atoms with Crippen LogP contribution in [-0.4, -0.2) is 31.8 Å². The van der Waals surface area contributed by atoms with Crippen molar-refractivity contribution in [3.8, 4) is 17.2 Å². The summed E-state index contributed by atoms with van der Waals surface area (Å²) in [6, 6.07) is 15.7. The number of benzene rings is 3. The molecule has 1 heterocycles. The molecule has 0 aliphatic carbocycles.